The number of rotatable bonds is 9. The fraction of sp³-hybridized carbons (Fsp3) is 0.545. The average molecular weight is 692 g/mol. The number of fused-ring (bicyclic) bond motifs is 1. The number of likely N-dealkylation sites (tertiary alicyclic amines) is 1. The van der Waals surface area contributed by atoms with Gasteiger partial charge in [0.15, 0.2) is 9.84 Å². The molecule has 6 rings (SSSR count). The summed E-state index contributed by atoms with van der Waals surface area (Å²) in [6, 6.07) is 2.08. The minimum absolute atomic E-state index is 0.0673. The maximum absolute atomic E-state index is 15.4. The molecule has 1 aromatic carbocycles. The van der Waals surface area contributed by atoms with Crippen LogP contribution in [0, 0.1) is 11.7 Å². The highest BCUT2D eigenvalue weighted by atomic mass is 35.5. The molecule has 2 saturated heterocycles. The zero-order valence-electron chi connectivity index (χ0n) is 26.0. The van der Waals surface area contributed by atoms with Gasteiger partial charge in [0.25, 0.3) is 5.91 Å². The smallest absolute Gasteiger partial charge is 0.306 e. The zero-order chi connectivity index (χ0) is 33.3. The Kier molecular flexibility index (Phi) is 10.1. The molecule has 0 bridgehead atoms. The molecule has 2 aliphatic carbocycles. The highest BCUT2D eigenvalue weighted by molar-refractivity contribution is 7.91. The number of hydrogen-bond donors (Lipinski definition) is 2. The molecule has 47 heavy (non-hydrogen) atoms. The first-order chi connectivity index (χ1) is 22.5. The van der Waals surface area contributed by atoms with Crippen molar-refractivity contribution in [2.75, 3.05) is 43.1 Å². The van der Waals surface area contributed by atoms with E-state index in [0.717, 1.165) is 12.5 Å². The van der Waals surface area contributed by atoms with Gasteiger partial charge in [-0.2, -0.15) is 0 Å². The third-order valence-corrected chi connectivity index (χ3v) is 11.8. The number of carboxylic acid groups (broad SMARTS) is 1. The van der Waals surface area contributed by atoms with Crippen LogP contribution in [0.2, 0.25) is 5.02 Å². The van der Waals surface area contributed by atoms with Crippen LogP contribution in [0.3, 0.4) is 0 Å². The number of sulfone groups is 1. The number of carbonyl (C=O) groups excluding carboxylic acids is 2. The van der Waals surface area contributed by atoms with Gasteiger partial charge >= 0.3 is 5.97 Å². The molecule has 2 aromatic rings. The molecule has 2 N–H and O–H groups in total. The topological polar surface area (TPSA) is 146 Å². The maximum atomic E-state index is 15.4. The van der Waals surface area contributed by atoms with Crippen molar-refractivity contribution >= 4 is 51.0 Å². The third kappa shape index (κ3) is 7.74. The van der Waals surface area contributed by atoms with Crippen LogP contribution in [-0.2, 0) is 37.0 Å². The van der Waals surface area contributed by atoms with Crippen molar-refractivity contribution in [3.8, 4) is 0 Å². The summed E-state index contributed by atoms with van der Waals surface area (Å²) in [5, 5.41) is 12.0. The number of furan rings is 1. The number of amides is 2. The molecule has 4 aliphatic rings. The molecule has 2 aliphatic heterocycles. The third-order valence-electron chi connectivity index (χ3n) is 9.86. The largest absolute Gasteiger partial charge is 0.481 e. The number of halogens is 2. The molecule has 1 aromatic heterocycles. The van der Waals surface area contributed by atoms with Gasteiger partial charge in [0, 0.05) is 37.7 Å². The fourth-order valence-electron chi connectivity index (χ4n) is 7.08. The Balaban J connectivity index is 1.12. The van der Waals surface area contributed by atoms with E-state index in [-0.39, 0.29) is 70.8 Å². The molecular formula is C33H39ClFN3O8S. The lowest BCUT2D eigenvalue weighted by Gasteiger charge is -2.31. The van der Waals surface area contributed by atoms with Gasteiger partial charge < -0.3 is 24.5 Å². The van der Waals surface area contributed by atoms with Crippen LogP contribution < -0.4 is 5.32 Å². The van der Waals surface area contributed by atoms with Gasteiger partial charge in [0.2, 0.25) is 5.91 Å². The van der Waals surface area contributed by atoms with Crippen molar-refractivity contribution in [3.05, 3.63) is 57.8 Å². The number of carbonyl (C=O) groups is 3. The van der Waals surface area contributed by atoms with E-state index < -0.39 is 27.5 Å². The van der Waals surface area contributed by atoms with Gasteiger partial charge in [-0.15, -0.1) is 0 Å². The normalized spacial score (nSPS) is 25.8. The van der Waals surface area contributed by atoms with Gasteiger partial charge in [-0.25, -0.2) is 12.8 Å². The van der Waals surface area contributed by atoms with Crippen molar-refractivity contribution < 1.29 is 41.5 Å². The summed E-state index contributed by atoms with van der Waals surface area (Å²) in [7, 11) is -3.08. The van der Waals surface area contributed by atoms with Crippen molar-refractivity contribution in [2.24, 2.45) is 5.92 Å². The van der Waals surface area contributed by atoms with E-state index in [1.165, 1.54) is 12.3 Å². The van der Waals surface area contributed by atoms with E-state index in [9.17, 15) is 27.9 Å². The molecule has 0 unspecified atom stereocenters. The highest BCUT2D eigenvalue weighted by Crippen LogP contribution is 2.32. The van der Waals surface area contributed by atoms with Crippen LogP contribution in [0.15, 0.2) is 28.9 Å². The Hall–Kier alpha value is -3.26. The highest BCUT2D eigenvalue weighted by Gasteiger charge is 2.40. The number of hydrogen-bond acceptors (Lipinski definition) is 8. The first kappa shape index (κ1) is 33.6. The summed E-state index contributed by atoms with van der Waals surface area (Å²) in [6.07, 6.45) is 9.20. The van der Waals surface area contributed by atoms with Crippen molar-refractivity contribution in [1.82, 2.24) is 9.80 Å². The van der Waals surface area contributed by atoms with Gasteiger partial charge in [0.05, 0.1) is 58.9 Å². The first-order valence-electron chi connectivity index (χ1n) is 16.1. The molecule has 14 heteroatoms. The number of nitrogens with one attached hydrogen (secondary N) is 1. The van der Waals surface area contributed by atoms with Crippen LogP contribution >= 0.6 is 11.6 Å². The van der Waals surface area contributed by atoms with Crippen LogP contribution in [0.25, 0.3) is 6.08 Å². The van der Waals surface area contributed by atoms with Gasteiger partial charge in [-0.05, 0) is 56.2 Å². The molecule has 1 saturated carbocycles. The number of anilines is 1. The number of benzene rings is 1. The van der Waals surface area contributed by atoms with Gasteiger partial charge in [0.1, 0.15) is 17.8 Å². The molecule has 3 fully saturated rings. The summed E-state index contributed by atoms with van der Waals surface area (Å²) in [6.45, 7) is 1.37. The Labute approximate surface area is 278 Å². The lowest BCUT2D eigenvalue weighted by atomic mass is 9.87. The second-order valence-corrected chi connectivity index (χ2v) is 15.6. The summed E-state index contributed by atoms with van der Waals surface area (Å²) in [5.41, 5.74) is 1.17. The predicted molar refractivity (Wildman–Crippen MR) is 173 cm³/mol. The summed E-state index contributed by atoms with van der Waals surface area (Å²) < 4.78 is 51.2. The zero-order valence-corrected chi connectivity index (χ0v) is 27.5. The van der Waals surface area contributed by atoms with Crippen LogP contribution in [-0.4, -0.2) is 97.0 Å². The standard InChI is InChI=1S/C33H39ClFN3O8S/c34-27-13-21(28(35)16-29(27)36-32(40)26-19-46-30-4-2-1-3-25(26)30)14-31(39)38-17-22(37-9-11-47(43,44)12-10-37)15-23(38)18-45-24-7-5-20(6-8-24)33(41)42/h1,3,13,16,19-20,22-24H,2,4-12,14-15,17-18H2,(H,36,40)(H,41,42)/t20?,22-,23-,24?/m0/s1. The first-order valence-corrected chi connectivity index (χ1v) is 18.3. The van der Waals surface area contributed by atoms with E-state index in [0.29, 0.717) is 75.0 Å². The van der Waals surface area contributed by atoms with Crippen LogP contribution in [0.1, 0.15) is 65.8 Å². The van der Waals surface area contributed by atoms with Crippen molar-refractivity contribution in [2.45, 2.75) is 69.6 Å². The molecule has 0 spiro atoms. The Morgan fingerprint density at radius 3 is 2.60 bits per heavy atom. The lowest BCUT2D eigenvalue weighted by Crippen LogP contribution is -2.47. The molecular weight excluding hydrogens is 653 g/mol. The van der Waals surface area contributed by atoms with Gasteiger partial charge in [-0.3, -0.25) is 19.3 Å². The minimum Gasteiger partial charge on any atom is -0.481 e. The minimum atomic E-state index is -3.08. The molecule has 0 radical (unpaired) electrons. The van der Waals surface area contributed by atoms with Crippen molar-refractivity contribution in [3.63, 3.8) is 0 Å². The Morgan fingerprint density at radius 1 is 1.13 bits per heavy atom. The van der Waals surface area contributed by atoms with E-state index in [1.54, 1.807) is 4.90 Å². The second-order valence-electron chi connectivity index (χ2n) is 12.9. The van der Waals surface area contributed by atoms with E-state index in [1.807, 2.05) is 12.2 Å². The quantitative estimate of drug-likeness (QED) is 0.395. The monoisotopic (exact) mass is 691 g/mol. The summed E-state index contributed by atoms with van der Waals surface area (Å²) in [5.74, 6) is -1.80. The van der Waals surface area contributed by atoms with Crippen LogP contribution in [0.4, 0.5) is 10.1 Å². The second kappa shape index (κ2) is 14.1. The SMILES string of the molecule is O=C(Nc1cc(F)c(CC(=O)N2C[C@@H](N3CCS(=O)(=O)CC3)C[C@H]2COC2CCC(C(=O)O)CC2)cc1Cl)c1coc2c1C=CCC2. The number of allylic oxidation sites excluding steroid dienone is 1. The molecule has 11 nitrogen and oxygen atoms in total. The predicted octanol–water partition coefficient (Wildman–Crippen LogP) is 4.19. The molecule has 3 heterocycles. The lowest BCUT2D eigenvalue weighted by molar-refractivity contribution is -0.144. The number of carboxylic acids is 1. The van der Waals surface area contributed by atoms with E-state index in [2.05, 4.69) is 10.2 Å². The number of aliphatic carboxylic acids is 1. The summed E-state index contributed by atoms with van der Waals surface area (Å²) >= 11 is 6.48. The summed E-state index contributed by atoms with van der Waals surface area (Å²) in [4.78, 5) is 41.8. The molecule has 2 amide bonds. The van der Waals surface area contributed by atoms with Crippen LogP contribution in [0.5, 0.6) is 0 Å². The Morgan fingerprint density at radius 2 is 1.87 bits per heavy atom. The molecule has 2 atom stereocenters. The maximum Gasteiger partial charge on any atom is 0.306 e. The van der Waals surface area contributed by atoms with E-state index >= 15 is 4.39 Å². The van der Waals surface area contributed by atoms with E-state index in [4.69, 9.17) is 20.8 Å². The average Bonchev–Trinajstić information content (AvgIpc) is 3.67. The Bertz CT molecular complexity index is 1660. The number of nitrogens with zero attached hydrogens (tertiary/aromatic N) is 2. The number of aryl methyl sites for hydroxylation is 1. The fourth-order valence-corrected chi connectivity index (χ4v) is 8.55. The van der Waals surface area contributed by atoms with Crippen molar-refractivity contribution in [1.29, 1.82) is 0 Å². The molecule has 254 valence electrons. The number of ether oxygens (including phenoxy) is 1. The van der Waals surface area contributed by atoms with Gasteiger partial charge in [-0.1, -0.05) is 23.8 Å².